The fourth-order valence-corrected chi connectivity index (χ4v) is 4.46. The van der Waals surface area contributed by atoms with Gasteiger partial charge >= 0.3 is 0 Å². The molecule has 1 aliphatic rings. The first-order chi connectivity index (χ1) is 14.2. The number of H-pyrrole nitrogens is 1. The van der Waals surface area contributed by atoms with Gasteiger partial charge < -0.3 is 14.5 Å². The first-order valence-corrected chi connectivity index (χ1v) is 9.88. The molecule has 6 heteroatoms. The number of nitriles is 1. The van der Waals surface area contributed by atoms with Crippen molar-refractivity contribution >= 4 is 27.8 Å². The Kier molecular flexibility index (Phi) is 4.09. The average Bonchev–Trinajstić information content (AvgIpc) is 3.40. The average molecular weight is 383 g/mol. The molecule has 144 valence electrons. The number of amides is 1. The van der Waals surface area contributed by atoms with Crippen LogP contribution in [0.4, 0.5) is 0 Å². The van der Waals surface area contributed by atoms with Gasteiger partial charge in [0.1, 0.15) is 5.65 Å². The zero-order valence-corrected chi connectivity index (χ0v) is 16.2. The standard InChI is InChI=1S/C23H21N5O/c1-15-7-10-27(23(29)18-5-3-2-4-16(18)12-24)14-20(15)28-11-8-17-13-26-22-19(21(17)28)6-9-25-22/h2-6,8-9,11,13,15,20H,7,10,14H2,1H3,(H,25,26)/t15-,20+/m1/s1. The molecule has 0 unspecified atom stereocenters. The maximum atomic E-state index is 13.2. The van der Waals surface area contributed by atoms with Gasteiger partial charge in [-0.05, 0) is 36.6 Å². The van der Waals surface area contributed by atoms with Gasteiger partial charge in [0.05, 0.1) is 28.8 Å². The molecule has 0 saturated carbocycles. The molecule has 3 aromatic heterocycles. The maximum Gasteiger partial charge on any atom is 0.255 e. The summed E-state index contributed by atoms with van der Waals surface area (Å²) in [5.41, 5.74) is 2.94. The second kappa shape index (κ2) is 6.78. The van der Waals surface area contributed by atoms with Crippen molar-refractivity contribution in [3.63, 3.8) is 0 Å². The third-order valence-electron chi connectivity index (χ3n) is 6.10. The van der Waals surface area contributed by atoms with Gasteiger partial charge in [0.25, 0.3) is 5.91 Å². The Morgan fingerprint density at radius 3 is 3.00 bits per heavy atom. The third kappa shape index (κ3) is 2.78. The highest BCUT2D eigenvalue weighted by atomic mass is 16.2. The highest BCUT2D eigenvalue weighted by Crippen LogP contribution is 2.34. The molecule has 0 aliphatic carbocycles. The molecule has 0 spiro atoms. The normalized spacial score (nSPS) is 19.5. The molecule has 1 fully saturated rings. The molecule has 6 nitrogen and oxygen atoms in total. The van der Waals surface area contributed by atoms with Crippen LogP contribution in [0.1, 0.15) is 35.3 Å². The van der Waals surface area contributed by atoms with Crippen LogP contribution < -0.4 is 0 Å². The van der Waals surface area contributed by atoms with Crippen LogP contribution in [0.2, 0.25) is 0 Å². The van der Waals surface area contributed by atoms with Crippen LogP contribution in [0.15, 0.2) is 55.0 Å². The van der Waals surface area contributed by atoms with E-state index >= 15 is 0 Å². The minimum absolute atomic E-state index is 0.0658. The zero-order valence-electron chi connectivity index (χ0n) is 16.2. The van der Waals surface area contributed by atoms with Crippen molar-refractivity contribution in [2.45, 2.75) is 19.4 Å². The van der Waals surface area contributed by atoms with Crippen molar-refractivity contribution in [1.29, 1.82) is 5.26 Å². The summed E-state index contributed by atoms with van der Waals surface area (Å²) in [7, 11) is 0. The van der Waals surface area contributed by atoms with E-state index in [2.05, 4.69) is 45.9 Å². The summed E-state index contributed by atoms with van der Waals surface area (Å²) in [6, 6.07) is 13.5. The Labute approximate surface area is 168 Å². The van der Waals surface area contributed by atoms with Gasteiger partial charge in [0.15, 0.2) is 0 Å². The summed E-state index contributed by atoms with van der Waals surface area (Å²) in [5, 5.41) is 11.6. The van der Waals surface area contributed by atoms with Gasteiger partial charge in [0, 0.05) is 42.5 Å². The highest BCUT2D eigenvalue weighted by Gasteiger charge is 2.32. The van der Waals surface area contributed by atoms with Gasteiger partial charge in [-0.25, -0.2) is 4.98 Å². The molecule has 4 heterocycles. The monoisotopic (exact) mass is 383 g/mol. The Bertz CT molecular complexity index is 1260. The number of fused-ring (bicyclic) bond motifs is 3. The summed E-state index contributed by atoms with van der Waals surface area (Å²) in [6.45, 7) is 3.57. The van der Waals surface area contributed by atoms with Crippen LogP contribution in [0.25, 0.3) is 21.9 Å². The summed E-state index contributed by atoms with van der Waals surface area (Å²) >= 11 is 0. The first kappa shape index (κ1) is 17.5. The number of benzene rings is 1. The number of likely N-dealkylation sites (tertiary alicyclic amines) is 1. The number of piperidine rings is 1. The first-order valence-electron chi connectivity index (χ1n) is 9.88. The van der Waals surface area contributed by atoms with E-state index < -0.39 is 0 Å². The van der Waals surface area contributed by atoms with Gasteiger partial charge in [-0.2, -0.15) is 5.26 Å². The number of carbonyl (C=O) groups excluding carboxylic acids is 1. The molecule has 1 N–H and O–H groups in total. The number of pyridine rings is 1. The minimum atomic E-state index is -0.0658. The molecule has 1 amide bonds. The molecule has 1 aliphatic heterocycles. The Morgan fingerprint density at radius 1 is 1.28 bits per heavy atom. The smallest absolute Gasteiger partial charge is 0.255 e. The number of nitrogens with zero attached hydrogens (tertiary/aromatic N) is 4. The minimum Gasteiger partial charge on any atom is -0.346 e. The topological polar surface area (TPSA) is 77.7 Å². The highest BCUT2D eigenvalue weighted by molar-refractivity contribution is 6.02. The van der Waals surface area contributed by atoms with Gasteiger partial charge in [-0.3, -0.25) is 4.79 Å². The molecule has 1 aromatic carbocycles. The van der Waals surface area contributed by atoms with Crippen LogP contribution in [0.3, 0.4) is 0 Å². The van der Waals surface area contributed by atoms with Crippen molar-refractivity contribution in [2.24, 2.45) is 5.92 Å². The van der Waals surface area contributed by atoms with Crippen LogP contribution in [-0.4, -0.2) is 38.4 Å². The lowest BCUT2D eigenvalue weighted by atomic mass is 9.92. The second-order valence-corrected chi connectivity index (χ2v) is 7.77. The van der Waals surface area contributed by atoms with Crippen LogP contribution in [-0.2, 0) is 0 Å². The zero-order chi connectivity index (χ0) is 20.0. The summed E-state index contributed by atoms with van der Waals surface area (Å²) in [5.74, 6) is 0.368. The fraction of sp³-hybridized carbons (Fsp3) is 0.261. The van der Waals surface area contributed by atoms with Crippen LogP contribution in [0.5, 0.6) is 0 Å². The number of rotatable bonds is 2. The van der Waals surface area contributed by atoms with Crippen LogP contribution in [0, 0.1) is 17.2 Å². The number of aromatic amines is 1. The quantitative estimate of drug-likeness (QED) is 0.566. The van der Waals surface area contributed by atoms with E-state index in [1.165, 1.54) is 0 Å². The van der Waals surface area contributed by atoms with Gasteiger partial charge in [-0.1, -0.05) is 19.1 Å². The Hall–Kier alpha value is -3.59. The van der Waals surface area contributed by atoms with Crippen molar-refractivity contribution in [1.82, 2.24) is 19.4 Å². The van der Waals surface area contributed by atoms with E-state index in [1.807, 2.05) is 23.4 Å². The molecule has 29 heavy (non-hydrogen) atoms. The molecule has 5 rings (SSSR count). The summed E-state index contributed by atoms with van der Waals surface area (Å²) < 4.78 is 2.30. The van der Waals surface area contributed by atoms with E-state index in [0.29, 0.717) is 30.1 Å². The SMILES string of the molecule is C[C@@H]1CCN(C(=O)c2ccccc2C#N)C[C@@H]1n1ccc2cnc3[nH]ccc3c21. The number of aromatic nitrogens is 3. The van der Waals surface area contributed by atoms with Crippen molar-refractivity contribution < 1.29 is 4.79 Å². The molecule has 0 radical (unpaired) electrons. The van der Waals surface area contributed by atoms with Gasteiger partial charge in [0.2, 0.25) is 0 Å². The second-order valence-electron chi connectivity index (χ2n) is 7.77. The number of hydrogen-bond acceptors (Lipinski definition) is 3. The lowest BCUT2D eigenvalue weighted by Gasteiger charge is -2.38. The summed E-state index contributed by atoms with van der Waals surface area (Å²) in [4.78, 5) is 22.7. The molecule has 2 atom stereocenters. The largest absolute Gasteiger partial charge is 0.346 e. The van der Waals surface area contributed by atoms with E-state index in [0.717, 1.165) is 28.4 Å². The predicted octanol–water partition coefficient (Wildman–Crippen LogP) is 4.11. The molecule has 4 aromatic rings. The van der Waals surface area contributed by atoms with E-state index in [1.54, 1.807) is 18.2 Å². The molecule has 1 saturated heterocycles. The van der Waals surface area contributed by atoms with E-state index in [9.17, 15) is 10.1 Å². The van der Waals surface area contributed by atoms with Crippen molar-refractivity contribution in [2.75, 3.05) is 13.1 Å². The fourth-order valence-electron chi connectivity index (χ4n) is 4.46. The maximum absolute atomic E-state index is 13.2. The lowest BCUT2D eigenvalue weighted by Crippen LogP contribution is -2.44. The van der Waals surface area contributed by atoms with E-state index in [-0.39, 0.29) is 11.9 Å². The number of nitrogens with one attached hydrogen (secondary N) is 1. The van der Waals surface area contributed by atoms with Crippen LogP contribution >= 0.6 is 0 Å². The molecular weight excluding hydrogens is 362 g/mol. The lowest BCUT2D eigenvalue weighted by molar-refractivity contribution is 0.0625. The molecule has 0 bridgehead atoms. The molecular formula is C23H21N5O. The number of hydrogen-bond donors (Lipinski definition) is 1. The van der Waals surface area contributed by atoms with Crippen molar-refractivity contribution in [3.05, 3.63) is 66.1 Å². The van der Waals surface area contributed by atoms with Gasteiger partial charge in [-0.15, -0.1) is 0 Å². The Balaban J connectivity index is 1.53. The van der Waals surface area contributed by atoms with E-state index in [4.69, 9.17) is 0 Å². The Morgan fingerprint density at radius 2 is 2.14 bits per heavy atom. The summed E-state index contributed by atoms with van der Waals surface area (Å²) in [6.07, 6.45) is 6.83. The van der Waals surface area contributed by atoms with Crippen molar-refractivity contribution in [3.8, 4) is 6.07 Å². The third-order valence-corrected chi connectivity index (χ3v) is 6.10. The predicted molar refractivity (Wildman–Crippen MR) is 111 cm³/mol. The number of carbonyl (C=O) groups is 1.